The Balaban J connectivity index is 1.74. The van der Waals surface area contributed by atoms with E-state index in [2.05, 4.69) is 27.0 Å². The molecule has 2 aliphatic rings. The minimum atomic E-state index is 0.110. The van der Waals surface area contributed by atoms with E-state index in [-0.39, 0.29) is 17.9 Å². The van der Waals surface area contributed by atoms with Crippen LogP contribution in [0.3, 0.4) is 0 Å². The molecular weight excluding hydrogens is 316 g/mol. The van der Waals surface area contributed by atoms with E-state index >= 15 is 0 Å². The molecule has 3 N–H and O–H groups in total. The van der Waals surface area contributed by atoms with Crippen LogP contribution >= 0.6 is 0 Å². The lowest BCUT2D eigenvalue weighted by Crippen LogP contribution is -2.47. The first kappa shape index (κ1) is 19.8. The molecule has 1 aliphatic carbocycles. The van der Waals surface area contributed by atoms with Crippen LogP contribution in [0.5, 0.6) is 0 Å². The lowest BCUT2D eigenvalue weighted by atomic mass is 9.85. The fourth-order valence-electron chi connectivity index (χ4n) is 3.48. The number of aliphatic imine (C=N–C) groups is 1. The zero-order valence-electron chi connectivity index (χ0n) is 15.9. The maximum absolute atomic E-state index is 12.3. The Morgan fingerprint density at radius 3 is 2.92 bits per heavy atom. The number of guanidine groups is 1. The van der Waals surface area contributed by atoms with Crippen molar-refractivity contribution in [1.29, 1.82) is 0 Å². The van der Waals surface area contributed by atoms with E-state index in [0.717, 1.165) is 64.2 Å². The summed E-state index contributed by atoms with van der Waals surface area (Å²) in [5, 5.41) is 9.94. The Labute approximate surface area is 151 Å². The van der Waals surface area contributed by atoms with Gasteiger partial charge in [0.15, 0.2) is 5.96 Å². The Bertz CT molecular complexity index is 488. The average molecular weight is 351 g/mol. The highest BCUT2D eigenvalue weighted by Crippen LogP contribution is 2.24. The van der Waals surface area contributed by atoms with Crippen molar-refractivity contribution >= 4 is 11.9 Å². The molecule has 0 aromatic heterocycles. The third-order valence-corrected chi connectivity index (χ3v) is 4.84. The second-order valence-electron chi connectivity index (χ2n) is 7.30. The Hall–Kier alpha value is -1.56. The molecule has 1 heterocycles. The van der Waals surface area contributed by atoms with Crippen molar-refractivity contribution in [1.82, 2.24) is 16.0 Å². The Morgan fingerprint density at radius 2 is 2.24 bits per heavy atom. The van der Waals surface area contributed by atoms with Crippen molar-refractivity contribution in [2.75, 3.05) is 26.8 Å². The Kier molecular flexibility index (Phi) is 8.25. The first-order valence-electron chi connectivity index (χ1n) is 9.61. The lowest BCUT2D eigenvalue weighted by Gasteiger charge is -2.30. The fraction of sp³-hybridized carbons (Fsp3) is 0.789. The van der Waals surface area contributed by atoms with Crippen LogP contribution in [0.1, 0.15) is 52.4 Å². The second kappa shape index (κ2) is 10.4. The van der Waals surface area contributed by atoms with Gasteiger partial charge in [0.1, 0.15) is 0 Å². The van der Waals surface area contributed by atoms with Crippen molar-refractivity contribution in [3.63, 3.8) is 0 Å². The number of hydrogen-bond donors (Lipinski definition) is 3. The molecule has 142 valence electrons. The quantitative estimate of drug-likeness (QED) is 0.389. The molecule has 1 saturated carbocycles. The topological polar surface area (TPSA) is 74.8 Å². The van der Waals surface area contributed by atoms with Gasteiger partial charge in [-0.15, -0.1) is 0 Å². The fourth-order valence-corrected chi connectivity index (χ4v) is 3.48. The van der Waals surface area contributed by atoms with Gasteiger partial charge in [-0.3, -0.25) is 9.79 Å². The first-order chi connectivity index (χ1) is 12.1. The number of nitrogens with one attached hydrogen (secondary N) is 3. The maximum Gasteiger partial charge on any atom is 0.223 e. The highest BCUT2D eigenvalue weighted by atomic mass is 16.5. The van der Waals surface area contributed by atoms with Crippen molar-refractivity contribution in [2.45, 2.75) is 64.5 Å². The van der Waals surface area contributed by atoms with Crippen LogP contribution in [0.4, 0.5) is 0 Å². The zero-order chi connectivity index (χ0) is 18.1. The van der Waals surface area contributed by atoms with Gasteiger partial charge in [-0.05, 0) is 46.0 Å². The summed E-state index contributed by atoms with van der Waals surface area (Å²) in [6.07, 6.45) is 8.27. The second-order valence-corrected chi connectivity index (χ2v) is 7.30. The summed E-state index contributed by atoms with van der Waals surface area (Å²) in [6, 6.07) is 0.514. The molecule has 1 amide bonds. The van der Waals surface area contributed by atoms with Gasteiger partial charge < -0.3 is 20.7 Å². The molecule has 1 aliphatic heterocycles. The van der Waals surface area contributed by atoms with Crippen LogP contribution in [0.25, 0.3) is 0 Å². The number of ether oxygens (including phenoxy) is 1. The predicted octanol–water partition coefficient (Wildman–Crippen LogP) is 1.97. The van der Waals surface area contributed by atoms with E-state index in [9.17, 15) is 4.79 Å². The van der Waals surface area contributed by atoms with Gasteiger partial charge in [-0.1, -0.05) is 18.1 Å². The number of hydrogen-bond acceptors (Lipinski definition) is 3. The van der Waals surface area contributed by atoms with Crippen molar-refractivity contribution in [3.05, 3.63) is 11.6 Å². The van der Waals surface area contributed by atoms with Gasteiger partial charge in [0.05, 0.1) is 13.2 Å². The van der Waals surface area contributed by atoms with Gasteiger partial charge in [0.2, 0.25) is 5.91 Å². The summed E-state index contributed by atoms with van der Waals surface area (Å²) in [7, 11) is 1.80. The smallest absolute Gasteiger partial charge is 0.223 e. The van der Waals surface area contributed by atoms with Crippen molar-refractivity contribution < 1.29 is 9.53 Å². The first-order valence-corrected chi connectivity index (χ1v) is 9.61. The highest BCUT2D eigenvalue weighted by molar-refractivity contribution is 5.81. The summed E-state index contributed by atoms with van der Waals surface area (Å²) >= 11 is 0. The van der Waals surface area contributed by atoms with Crippen LogP contribution in [-0.4, -0.2) is 50.8 Å². The lowest BCUT2D eigenvalue weighted by molar-refractivity contribution is -0.126. The minimum Gasteiger partial charge on any atom is -0.377 e. The largest absolute Gasteiger partial charge is 0.377 e. The molecule has 0 spiro atoms. The number of rotatable bonds is 6. The molecule has 0 radical (unpaired) electrons. The van der Waals surface area contributed by atoms with E-state index in [0.29, 0.717) is 6.04 Å². The summed E-state index contributed by atoms with van der Waals surface area (Å²) in [6.45, 7) is 6.46. The van der Waals surface area contributed by atoms with Gasteiger partial charge in [0, 0.05) is 31.6 Å². The van der Waals surface area contributed by atoms with Crippen LogP contribution in [0, 0.1) is 5.92 Å². The predicted molar refractivity (Wildman–Crippen MR) is 102 cm³/mol. The molecular formula is C19H34N4O2. The zero-order valence-corrected chi connectivity index (χ0v) is 15.9. The molecule has 0 bridgehead atoms. The van der Waals surface area contributed by atoms with Crippen LogP contribution in [0.15, 0.2) is 16.6 Å². The molecule has 25 heavy (non-hydrogen) atoms. The van der Waals surface area contributed by atoms with E-state index < -0.39 is 0 Å². The third kappa shape index (κ3) is 7.06. The molecule has 2 atom stereocenters. The highest BCUT2D eigenvalue weighted by Gasteiger charge is 2.27. The number of amides is 1. The van der Waals surface area contributed by atoms with Crippen LogP contribution in [0.2, 0.25) is 0 Å². The SMILES string of the molecule is CN=C(NCCC1=CCOCC1)NC1CCCC(C(=O)NC(C)C)C1. The normalized spacial score (nSPS) is 24.6. The van der Waals surface area contributed by atoms with E-state index in [1.807, 2.05) is 13.8 Å². The average Bonchev–Trinajstić information content (AvgIpc) is 2.61. The number of carbonyl (C=O) groups excluding carboxylic acids is 1. The molecule has 0 saturated heterocycles. The van der Waals surface area contributed by atoms with E-state index in [1.165, 1.54) is 5.57 Å². The van der Waals surface area contributed by atoms with E-state index in [1.54, 1.807) is 7.05 Å². The molecule has 2 unspecified atom stereocenters. The van der Waals surface area contributed by atoms with Gasteiger partial charge >= 0.3 is 0 Å². The number of carbonyl (C=O) groups is 1. The standard InChI is InChI=1S/C19H34N4O2/c1-14(2)22-18(24)16-5-4-6-17(13-16)23-19(20-3)21-10-7-15-8-11-25-12-9-15/h8,14,16-17H,4-7,9-13H2,1-3H3,(H,22,24)(H2,20,21,23). The molecule has 2 rings (SSSR count). The molecule has 0 aromatic rings. The van der Waals surface area contributed by atoms with Gasteiger partial charge in [-0.2, -0.15) is 0 Å². The summed E-state index contributed by atoms with van der Waals surface area (Å²) < 4.78 is 5.34. The third-order valence-electron chi connectivity index (χ3n) is 4.84. The Morgan fingerprint density at radius 1 is 1.40 bits per heavy atom. The van der Waals surface area contributed by atoms with Crippen LogP contribution < -0.4 is 16.0 Å². The summed E-state index contributed by atoms with van der Waals surface area (Å²) in [4.78, 5) is 16.6. The van der Waals surface area contributed by atoms with Crippen molar-refractivity contribution in [2.24, 2.45) is 10.9 Å². The molecule has 1 fully saturated rings. The molecule has 6 nitrogen and oxygen atoms in total. The van der Waals surface area contributed by atoms with Crippen molar-refractivity contribution in [3.8, 4) is 0 Å². The molecule has 6 heteroatoms. The maximum atomic E-state index is 12.3. The monoisotopic (exact) mass is 350 g/mol. The summed E-state index contributed by atoms with van der Waals surface area (Å²) in [5.74, 6) is 1.14. The minimum absolute atomic E-state index is 0.110. The van der Waals surface area contributed by atoms with Gasteiger partial charge in [-0.25, -0.2) is 0 Å². The number of nitrogens with zero attached hydrogens (tertiary/aromatic N) is 1. The van der Waals surface area contributed by atoms with Crippen LogP contribution in [-0.2, 0) is 9.53 Å². The van der Waals surface area contributed by atoms with Gasteiger partial charge in [0.25, 0.3) is 0 Å². The molecule has 0 aromatic carbocycles. The summed E-state index contributed by atoms with van der Waals surface area (Å²) in [5.41, 5.74) is 1.46. The van der Waals surface area contributed by atoms with E-state index in [4.69, 9.17) is 4.74 Å².